The number of ether oxygens (including phenoxy) is 1. The van der Waals surface area contributed by atoms with Crippen molar-refractivity contribution in [3.05, 3.63) is 23.0 Å². The highest BCUT2D eigenvalue weighted by Gasteiger charge is 2.28. The van der Waals surface area contributed by atoms with Gasteiger partial charge in [-0.1, -0.05) is 0 Å². The maximum atomic E-state index is 12.7. The Bertz CT molecular complexity index is 601. The van der Waals surface area contributed by atoms with Crippen LogP contribution >= 0.6 is 0 Å². The van der Waals surface area contributed by atoms with E-state index in [0.29, 0.717) is 13.2 Å². The molecular formula is C18H30N3O3+. The summed E-state index contributed by atoms with van der Waals surface area (Å²) in [6.45, 7) is 8.89. The Labute approximate surface area is 143 Å². The second kappa shape index (κ2) is 7.94. The lowest BCUT2D eigenvalue weighted by atomic mass is 9.96. The van der Waals surface area contributed by atoms with Crippen LogP contribution in [-0.2, 0) is 9.53 Å². The lowest BCUT2D eigenvalue weighted by Crippen LogP contribution is -3.14. The molecular weight excluding hydrogens is 306 g/mol. The zero-order chi connectivity index (χ0) is 17.9. The molecule has 2 heterocycles. The fourth-order valence-electron chi connectivity index (χ4n) is 3.86. The largest absolute Gasteiger partial charge is 0.383 e. The Morgan fingerprint density at radius 3 is 2.54 bits per heavy atom. The second-order valence-corrected chi connectivity index (χ2v) is 6.99. The predicted octanol–water partition coefficient (Wildman–Crippen LogP) is 0.275. The first kappa shape index (κ1) is 18.7. The molecule has 1 aliphatic heterocycles. The summed E-state index contributed by atoms with van der Waals surface area (Å²) in [5.74, 6) is -0.0636. The number of primary amides is 1. The van der Waals surface area contributed by atoms with E-state index in [-0.39, 0.29) is 23.7 Å². The minimum absolute atomic E-state index is 0.0243. The number of methoxy groups -OCH3 is 1. The number of amides is 1. The van der Waals surface area contributed by atoms with Crippen molar-refractivity contribution in [1.29, 1.82) is 0 Å². The van der Waals surface area contributed by atoms with Crippen molar-refractivity contribution in [1.82, 2.24) is 4.57 Å². The van der Waals surface area contributed by atoms with E-state index < -0.39 is 0 Å². The average molecular weight is 336 g/mol. The van der Waals surface area contributed by atoms with Gasteiger partial charge in [0, 0.05) is 42.8 Å². The number of nitrogens with zero attached hydrogens (tertiary/aromatic N) is 1. The molecule has 6 nitrogen and oxygen atoms in total. The van der Waals surface area contributed by atoms with Gasteiger partial charge < -0.3 is 19.9 Å². The predicted molar refractivity (Wildman–Crippen MR) is 92.3 cm³/mol. The molecule has 1 aliphatic rings. The van der Waals surface area contributed by atoms with Crippen LogP contribution < -0.4 is 10.6 Å². The van der Waals surface area contributed by atoms with E-state index in [1.807, 2.05) is 19.9 Å². The Kier molecular flexibility index (Phi) is 6.18. The SMILES string of the molecule is COC[C@@H](C)n1c(C)cc(C(=O)C[NH+]2CCC(C(N)=O)CC2)c1C. The lowest BCUT2D eigenvalue weighted by Gasteiger charge is -2.27. The summed E-state index contributed by atoms with van der Waals surface area (Å²) in [6.07, 6.45) is 1.56. The molecule has 1 amide bonds. The maximum Gasteiger partial charge on any atom is 0.220 e. The van der Waals surface area contributed by atoms with Gasteiger partial charge in [-0.15, -0.1) is 0 Å². The first-order chi connectivity index (χ1) is 11.3. The molecule has 134 valence electrons. The van der Waals surface area contributed by atoms with Gasteiger partial charge >= 0.3 is 0 Å². The van der Waals surface area contributed by atoms with Gasteiger partial charge in [0.25, 0.3) is 0 Å². The molecule has 6 heteroatoms. The standard InChI is InChI=1S/C18H29N3O3/c1-12-9-16(14(3)21(12)13(2)11-24-4)17(22)10-20-7-5-15(6-8-20)18(19)23/h9,13,15H,5-8,10-11H2,1-4H3,(H2,19,23)/p+1/t13-/m1/s1. The highest BCUT2D eigenvalue weighted by molar-refractivity contribution is 5.98. The number of carbonyl (C=O) groups is 2. The summed E-state index contributed by atoms with van der Waals surface area (Å²) >= 11 is 0. The Morgan fingerprint density at radius 2 is 2.00 bits per heavy atom. The van der Waals surface area contributed by atoms with Crippen LogP contribution in [0.5, 0.6) is 0 Å². The van der Waals surface area contributed by atoms with Gasteiger partial charge in [0.05, 0.1) is 25.7 Å². The van der Waals surface area contributed by atoms with E-state index in [4.69, 9.17) is 10.5 Å². The third kappa shape index (κ3) is 4.05. The minimum Gasteiger partial charge on any atom is -0.383 e. The van der Waals surface area contributed by atoms with Crippen LogP contribution in [0.15, 0.2) is 6.07 Å². The number of ketones is 1. The number of carbonyl (C=O) groups excluding carboxylic acids is 2. The number of hydrogen-bond acceptors (Lipinski definition) is 3. The van der Waals surface area contributed by atoms with Crippen molar-refractivity contribution in [3.8, 4) is 0 Å². The smallest absolute Gasteiger partial charge is 0.220 e. The molecule has 1 atom stereocenters. The summed E-state index contributed by atoms with van der Waals surface area (Å²) in [7, 11) is 1.69. The highest BCUT2D eigenvalue weighted by Crippen LogP contribution is 2.21. The number of hydrogen-bond donors (Lipinski definition) is 2. The topological polar surface area (TPSA) is 78.8 Å². The van der Waals surface area contributed by atoms with Gasteiger partial charge in [-0.05, 0) is 26.8 Å². The monoisotopic (exact) mass is 336 g/mol. The Morgan fingerprint density at radius 1 is 1.38 bits per heavy atom. The van der Waals surface area contributed by atoms with E-state index in [1.54, 1.807) is 7.11 Å². The molecule has 0 unspecified atom stereocenters. The van der Waals surface area contributed by atoms with E-state index >= 15 is 0 Å². The zero-order valence-electron chi connectivity index (χ0n) is 15.2. The van der Waals surface area contributed by atoms with Crippen LogP contribution in [0.2, 0.25) is 0 Å². The van der Waals surface area contributed by atoms with Crippen molar-refractivity contribution >= 4 is 11.7 Å². The Hall–Kier alpha value is -1.66. The van der Waals surface area contributed by atoms with Crippen molar-refractivity contribution < 1.29 is 19.2 Å². The van der Waals surface area contributed by atoms with Crippen LogP contribution in [0, 0.1) is 19.8 Å². The molecule has 2 rings (SSSR count). The van der Waals surface area contributed by atoms with E-state index in [1.165, 1.54) is 4.90 Å². The number of nitrogens with one attached hydrogen (secondary N) is 1. The molecule has 1 aromatic rings. The number of aromatic nitrogens is 1. The Balaban J connectivity index is 2.03. The molecule has 0 saturated carbocycles. The minimum atomic E-state index is -0.212. The number of rotatable bonds is 7. The molecule has 0 aliphatic carbocycles. The summed E-state index contributed by atoms with van der Waals surface area (Å²) in [5, 5.41) is 0. The molecule has 0 radical (unpaired) electrons. The average Bonchev–Trinajstić information content (AvgIpc) is 2.83. The molecule has 24 heavy (non-hydrogen) atoms. The zero-order valence-corrected chi connectivity index (χ0v) is 15.2. The molecule has 1 saturated heterocycles. The maximum absolute atomic E-state index is 12.7. The van der Waals surface area contributed by atoms with Crippen molar-refractivity contribution in [3.63, 3.8) is 0 Å². The van der Waals surface area contributed by atoms with Crippen LogP contribution in [0.1, 0.15) is 47.6 Å². The molecule has 0 spiro atoms. The van der Waals surface area contributed by atoms with Crippen LogP contribution in [-0.4, -0.2) is 49.6 Å². The number of piperidine rings is 1. The number of likely N-dealkylation sites (tertiary alicyclic amines) is 1. The molecule has 0 aromatic carbocycles. The third-order valence-corrected chi connectivity index (χ3v) is 5.14. The van der Waals surface area contributed by atoms with E-state index in [9.17, 15) is 9.59 Å². The highest BCUT2D eigenvalue weighted by atomic mass is 16.5. The number of nitrogens with two attached hydrogens (primary N) is 1. The molecule has 1 aromatic heterocycles. The summed E-state index contributed by atoms with van der Waals surface area (Å²) in [6, 6.07) is 2.19. The number of aryl methyl sites for hydroxylation is 1. The lowest BCUT2D eigenvalue weighted by molar-refractivity contribution is -0.897. The quantitative estimate of drug-likeness (QED) is 0.702. The number of quaternary nitrogens is 1. The van der Waals surface area contributed by atoms with Gasteiger partial charge in [-0.2, -0.15) is 0 Å². The summed E-state index contributed by atoms with van der Waals surface area (Å²) in [4.78, 5) is 25.2. The van der Waals surface area contributed by atoms with Crippen molar-refractivity contribution in [2.75, 3.05) is 33.4 Å². The molecule has 3 N–H and O–H groups in total. The first-order valence-electron chi connectivity index (χ1n) is 8.68. The summed E-state index contributed by atoms with van der Waals surface area (Å²) < 4.78 is 7.41. The fraction of sp³-hybridized carbons (Fsp3) is 0.667. The van der Waals surface area contributed by atoms with Crippen molar-refractivity contribution in [2.24, 2.45) is 11.7 Å². The first-order valence-corrected chi connectivity index (χ1v) is 8.68. The van der Waals surface area contributed by atoms with Crippen LogP contribution in [0.25, 0.3) is 0 Å². The number of Topliss-reactive ketones (excluding diaryl/α,β-unsaturated/α-hetero) is 1. The van der Waals surface area contributed by atoms with Gasteiger partial charge in [0.2, 0.25) is 11.7 Å². The third-order valence-electron chi connectivity index (χ3n) is 5.14. The van der Waals surface area contributed by atoms with Crippen LogP contribution in [0.3, 0.4) is 0 Å². The second-order valence-electron chi connectivity index (χ2n) is 6.99. The van der Waals surface area contributed by atoms with Gasteiger partial charge in [0.15, 0.2) is 0 Å². The van der Waals surface area contributed by atoms with Crippen LogP contribution in [0.4, 0.5) is 0 Å². The normalized spacial score (nSPS) is 22.3. The molecule has 1 fully saturated rings. The van der Waals surface area contributed by atoms with Gasteiger partial charge in [-0.3, -0.25) is 9.59 Å². The van der Waals surface area contributed by atoms with Crippen molar-refractivity contribution in [2.45, 2.75) is 39.7 Å². The van der Waals surface area contributed by atoms with Gasteiger partial charge in [-0.25, -0.2) is 0 Å². The van der Waals surface area contributed by atoms with E-state index in [2.05, 4.69) is 11.5 Å². The molecule has 0 bridgehead atoms. The van der Waals surface area contributed by atoms with E-state index in [0.717, 1.165) is 42.9 Å². The fourth-order valence-corrected chi connectivity index (χ4v) is 3.86. The van der Waals surface area contributed by atoms with Gasteiger partial charge in [0.1, 0.15) is 6.54 Å². The summed E-state index contributed by atoms with van der Waals surface area (Å²) in [5.41, 5.74) is 8.27.